The highest BCUT2D eigenvalue weighted by atomic mass is 32.2. The smallest absolute Gasteiger partial charge is 0.336 e. The van der Waals surface area contributed by atoms with Crippen molar-refractivity contribution in [2.75, 3.05) is 12.4 Å². The highest BCUT2D eigenvalue weighted by Crippen LogP contribution is 2.11. The normalized spacial score (nSPS) is 29.4. The van der Waals surface area contributed by atoms with Gasteiger partial charge in [-0.15, -0.1) is 11.8 Å². The number of nitrogens with two attached hydrogens (primary N) is 2. The van der Waals surface area contributed by atoms with Crippen LogP contribution in [0.4, 0.5) is 0 Å². The third-order valence-electron chi connectivity index (χ3n) is 3.88. The number of aliphatic carboxylic acids is 1. The van der Waals surface area contributed by atoms with Crippen molar-refractivity contribution in [3.05, 3.63) is 0 Å². The average molecular weight is 448 g/mol. The number of carbonyl (C=O) groups is 6. The topological polar surface area (TPSA) is 243 Å². The van der Waals surface area contributed by atoms with E-state index >= 15 is 0 Å². The summed E-state index contributed by atoms with van der Waals surface area (Å²) in [6, 6.07) is -5.45. The lowest BCUT2D eigenvalue weighted by Gasteiger charge is -2.22. The third kappa shape index (κ3) is 7.49. The van der Waals surface area contributed by atoms with Crippen LogP contribution in [0.5, 0.6) is 0 Å². The van der Waals surface area contributed by atoms with Crippen molar-refractivity contribution in [1.82, 2.24) is 21.3 Å². The first-order chi connectivity index (χ1) is 14.0. The molecule has 30 heavy (non-hydrogen) atoms. The minimum atomic E-state index is -1.56. The van der Waals surface area contributed by atoms with Crippen LogP contribution in [0.15, 0.2) is 0 Å². The summed E-state index contributed by atoms with van der Waals surface area (Å²) in [6.07, 6.45) is -0.631. The number of aliphatic hydroxyl groups excluding tert-OH is 1. The van der Waals surface area contributed by atoms with Crippen molar-refractivity contribution >= 4 is 47.3 Å². The van der Waals surface area contributed by atoms with Gasteiger partial charge in [0.15, 0.2) is 5.37 Å². The lowest BCUT2D eigenvalue weighted by molar-refractivity contribution is -0.139. The first kappa shape index (κ1) is 25.1. The molecule has 0 aromatic rings. The summed E-state index contributed by atoms with van der Waals surface area (Å²) in [5.74, 6) is -6.34. The van der Waals surface area contributed by atoms with Crippen molar-refractivity contribution in [3.8, 4) is 0 Å². The monoisotopic (exact) mass is 448 g/mol. The van der Waals surface area contributed by atoms with E-state index in [1.165, 1.54) is 6.92 Å². The second kappa shape index (κ2) is 11.3. The van der Waals surface area contributed by atoms with Crippen LogP contribution >= 0.6 is 11.8 Å². The Balaban J connectivity index is 3.20. The summed E-state index contributed by atoms with van der Waals surface area (Å²) in [7, 11) is 0. The van der Waals surface area contributed by atoms with Crippen LogP contribution in [0.3, 0.4) is 0 Å². The molecule has 0 radical (unpaired) electrons. The van der Waals surface area contributed by atoms with E-state index in [1.807, 2.05) is 0 Å². The van der Waals surface area contributed by atoms with Gasteiger partial charge in [-0.2, -0.15) is 0 Å². The molecule has 15 heteroatoms. The number of carboxylic acids is 1. The van der Waals surface area contributed by atoms with Crippen molar-refractivity contribution in [1.29, 1.82) is 0 Å². The van der Waals surface area contributed by atoms with Crippen LogP contribution in [-0.2, 0) is 28.8 Å². The van der Waals surface area contributed by atoms with Crippen molar-refractivity contribution in [3.63, 3.8) is 0 Å². The molecule has 0 saturated carbocycles. The molecule has 5 amide bonds. The molecule has 1 aliphatic rings. The number of primary amides is 1. The van der Waals surface area contributed by atoms with Crippen molar-refractivity contribution < 1.29 is 39.0 Å². The van der Waals surface area contributed by atoms with Crippen LogP contribution in [0, 0.1) is 0 Å². The Labute approximate surface area is 174 Å². The second-order valence-corrected chi connectivity index (χ2v) is 7.51. The number of hydrogen-bond acceptors (Lipinski definition) is 9. The average Bonchev–Trinajstić information content (AvgIpc) is 2.66. The maximum Gasteiger partial charge on any atom is 0.336 e. The largest absolute Gasteiger partial charge is 0.479 e. The first-order valence-corrected chi connectivity index (χ1v) is 9.71. The van der Waals surface area contributed by atoms with Gasteiger partial charge in [0.25, 0.3) is 0 Å². The molecule has 10 N–H and O–H groups in total. The third-order valence-corrected chi connectivity index (χ3v) is 5.09. The number of aliphatic hydroxyl groups is 1. The molecule has 0 bridgehead atoms. The molecule has 168 valence electrons. The lowest BCUT2D eigenvalue weighted by atomic mass is 10.1. The van der Waals surface area contributed by atoms with Gasteiger partial charge in [0, 0.05) is 5.75 Å². The summed E-state index contributed by atoms with van der Waals surface area (Å²) >= 11 is 0.600. The Morgan fingerprint density at radius 2 is 1.57 bits per heavy atom. The van der Waals surface area contributed by atoms with Gasteiger partial charge in [0.1, 0.15) is 18.1 Å². The highest BCUT2D eigenvalue weighted by molar-refractivity contribution is 8.00. The predicted molar refractivity (Wildman–Crippen MR) is 102 cm³/mol. The summed E-state index contributed by atoms with van der Waals surface area (Å²) in [4.78, 5) is 71.8. The number of rotatable bonds is 4. The molecule has 1 heterocycles. The summed E-state index contributed by atoms with van der Waals surface area (Å²) in [6.45, 7) is 0.455. The summed E-state index contributed by atoms with van der Waals surface area (Å²) in [5, 5.41) is 25.9. The first-order valence-electron chi connectivity index (χ1n) is 8.66. The minimum absolute atomic E-state index is 0.272. The molecule has 0 aromatic carbocycles. The summed E-state index contributed by atoms with van der Waals surface area (Å²) in [5.41, 5.74) is 10.8. The van der Waals surface area contributed by atoms with E-state index in [4.69, 9.17) is 11.5 Å². The fraction of sp³-hybridized carbons (Fsp3) is 0.600. The Morgan fingerprint density at radius 3 is 2.10 bits per heavy atom. The van der Waals surface area contributed by atoms with E-state index in [0.717, 1.165) is 0 Å². The molecular formula is C15H24N6O8S. The predicted octanol–water partition coefficient (Wildman–Crippen LogP) is -5.07. The van der Waals surface area contributed by atoms with Gasteiger partial charge in [-0.25, -0.2) is 4.79 Å². The number of carbonyl (C=O) groups excluding carboxylic acids is 5. The number of hydrogen-bond donors (Lipinski definition) is 8. The lowest BCUT2D eigenvalue weighted by Crippen LogP contribution is -2.58. The Bertz CT molecular complexity index is 719. The van der Waals surface area contributed by atoms with Crippen molar-refractivity contribution in [2.24, 2.45) is 11.5 Å². The fourth-order valence-electron chi connectivity index (χ4n) is 2.24. The van der Waals surface area contributed by atoms with Gasteiger partial charge in [-0.3, -0.25) is 24.0 Å². The minimum Gasteiger partial charge on any atom is -0.479 e. The number of carboxylic acid groups (broad SMARTS) is 1. The molecule has 1 saturated heterocycles. The van der Waals surface area contributed by atoms with Crippen LogP contribution < -0.4 is 32.7 Å². The standard InChI is InChI=1S/C15H24N6O8S/c1-5-10(24)19-7(2-9(17)23)12(26)21-14(15(28)29)30-4-6(16)11(25)20-8(3-22)13(27)18-5/h5-8,14,22H,2-4,16H2,1H3,(H2,17,23)(H,18,27)(H,19,24)(H,20,25)(H,21,26)(H,28,29)/t5-,6?,7?,8?,14?/m0/s1. The van der Waals surface area contributed by atoms with Crippen LogP contribution in [-0.4, -0.2) is 87.6 Å². The zero-order valence-electron chi connectivity index (χ0n) is 15.9. The molecule has 4 unspecified atom stereocenters. The van der Waals surface area contributed by atoms with Crippen LogP contribution in [0.2, 0.25) is 0 Å². The van der Waals surface area contributed by atoms with E-state index in [2.05, 4.69) is 21.3 Å². The molecule has 1 aliphatic heterocycles. The van der Waals surface area contributed by atoms with Gasteiger partial charge < -0.3 is 42.9 Å². The molecular weight excluding hydrogens is 424 g/mol. The molecule has 0 aromatic heterocycles. The van der Waals surface area contributed by atoms with E-state index in [1.54, 1.807) is 0 Å². The van der Waals surface area contributed by atoms with Crippen molar-refractivity contribution in [2.45, 2.75) is 42.9 Å². The Kier molecular flexibility index (Phi) is 9.48. The second-order valence-electron chi connectivity index (χ2n) is 6.37. The quantitative estimate of drug-likeness (QED) is 0.203. The number of thioether (sulfide) groups is 1. The Morgan fingerprint density at radius 1 is 1.00 bits per heavy atom. The summed E-state index contributed by atoms with van der Waals surface area (Å²) < 4.78 is 0. The molecule has 5 atom stereocenters. The molecule has 1 fully saturated rings. The number of amides is 5. The number of nitrogens with one attached hydrogen (secondary N) is 4. The molecule has 1 rings (SSSR count). The van der Waals surface area contributed by atoms with Gasteiger partial charge >= 0.3 is 5.97 Å². The SMILES string of the molecule is C[C@@H]1NC(=O)C(CO)NC(=O)C(N)CSC(C(=O)O)NC(=O)C(CC(N)=O)NC1=O. The van der Waals surface area contributed by atoms with Gasteiger partial charge in [0.2, 0.25) is 29.5 Å². The van der Waals surface area contributed by atoms with Crippen LogP contribution in [0.25, 0.3) is 0 Å². The molecule has 0 spiro atoms. The molecule has 14 nitrogen and oxygen atoms in total. The Hall–Kier alpha value is -2.91. The van der Waals surface area contributed by atoms with Crippen LogP contribution in [0.1, 0.15) is 13.3 Å². The van der Waals surface area contributed by atoms with E-state index in [9.17, 15) is 39.0 Å². The van der Waals surface area contributed by atoms with E-state index in [0.29, 0.717) is 11.8 Å². The zero-order valence-corrected chi connectivity index (χ0v) is 16.7. The maximum atomic E-state index is 12.4. The van der Waals surface area contributed by atoms with Gasteiger partial charge in [-0.05, 0) is 6.92 Å². The van der Waals surface area contributed by atoms with E-state index in [-0.39, 0.29) is 5.75 Å². The van der Waals surface area contributed by atoms with Gasteiger partial charge in [0.05, 0.1) is 19.1 Å². The fourth-order valence-corrected chi connectivity index (χ4v) is 3.13. The highest BCUT2D eigenvalue weighted by Gasteiger charge is 2.32. The van der Waals surface area contributed by atoms with E-state index < -0.39 is 78.1 Å². The van der Waals surface area contributed by atoms with Gasteiger partial charge in [-0.1, -0.05) is 0 Å². The maximum absolute atomic E-state index is 12.4. The molecule has 0 aliphatic carbocycles. The zero-order chi connectivity index (χ0) is 23.0.